The van der Waals surface area contributed by atoms with Crippen LogP contribution in [0.1, 0.15) is 38.3 Å². The molecule has 0 aliphatic heterocycles. The highest BCUT2D eigenvalue weighted by molar-refractivity contribution is 8.03. The summed E-state index contributed by atoms with van der Waals surface area (Å²) in [4.78, 5) is 2.59. The van der Waals surface area contributed by atoms with Crippen LogP contribution in [0.2, 0.25) is 0 Å². The highest BCUT2D eigenvalue weighted by Gasteiger charge is 2.16. The van der Waals surface area contributed by atoms with E-state index in [-0.39, 0.29) is 5.41 Å². The lowest BCUT2D eigenvalue weighted by molar-refractivity contribution is 0.590. The molecule has 0 N–H and O–H groups in total. The first-order valence-corrected chi connectivity index (χ1v) is 15.0. The van der Waals surface area contributed by atoms with Crippen LogP contribution in [0.15, 0.2) is 143 Å². The average Bonchev–Trinajstić information content (AvgIpc) is 2.92. The Kier molecular flexibility index (Phi) is 7.94. The number of allylic oxidation sites excluding steroid dienone is 4. The Morgan fingerprint density at radius 3 is 1.73 bits per heavy atom. The predicted molar refractivity (Wildman–Crippen MR) is 166 cm³/mol. The van der Waals surface area contributed by atoms with Crippen molar-refractivity contribution in [3.8, 4) is 0 Å². The fourth-order valence-electron chi connectivity index (χ4n) is 4.42. The third kappa shape index (κ3) is 6.61. The maximum Gasteiger partial charge on any atom is 0.0122 e. The van der Waals surface area contributed by atoms with Crippen LogP contribution in [0.3, 0.4) is 0 Å². The Bertz CT molecular complexity index is 1370. The van der Waals surface area contributed by atoms with Gasteiger partial charge in [0.05, 0.1) is 0 Å². The van der Waals surface area contributed by atoms with Gasteiger partial charge in [0.15, 0.2) is 0 Å². The molecule has 0 amide bonds. The van der Waals surface area contributed by atoms with Crippen molar-refractivity contribution in [3.05, 3.63) is 149 Å². The lowest BCUT2D eigenvalue weighted by atomic mass is 9.86. The van der Waals surface area contributed by atoms with Gasteiger partial charge in [-0.1, -0.05) is 148 Å². The Morgan fingerprint density at radius 2 is 1.22 bits per heavy atom. The topological polar surface area (TPSA) is 0 Å². The van der Waals surface area contributed by atoms with Crippen LogP contribution in [-0.2, 0) is 5.41 Å². The van der Waals surface area contributed by atoms with Crippen LogP contribution in [0.4, 0.5) is 0 Å². The van der Waals surface area contributed by atoms with Crippen molar-refractivity contribution in [1.29, 1.82) is 0 Å². The monoisotopic (exact) mass is 516 g/mol. The highest BCUT2D eigenvalue weighted by atomic mass is 32.2. The standard InChI is InChI=1S/C35H33PS/c1-35(2,3)29-18-14-27(15-19-29)26-28-16-22-33(23-17-28)37-34-24-20-32(21-25-34)36(30-10-6-4-7-11-30)31-12-8-5-9-13-31/h4-16,18-26H,17H2,1-3H3. The van der Waals surface area contributed by atoms with Gasteiger partial charge >= 0.3 is 0 Å². The Labute approximate surface area is 227 Å². The van der Waals surface area contributed by atoms with Crippen LogP contribution < -0.4 is 15.9 Å². The Hall–Kier alpha value is -3.12. The zero-order valence-corrected chi connectivity index (χ0v) is 23.5. The minimum absolute atomic E-state index is 0.189. The first-order chi connectivity index (χ1) is 18.0. The molecule has 0 unspecified atom stereocenters. The molecule has 0 aromatic heterocycles. The van der Waals surface area contributed by atoms with Crippen molar-refractivity contribution in [2.24, 2.45) is 0 Å². The summed E-state index contributed by atoms with van der Waals surface area (Å²) in [6.45, 7) is 6.77. The summed E-state index contributed by atoms with van der Waals surface area (Å²) in [5, 5.41) is 4.15. The second-order valence-corrected chi connectivity index (χ2v) is 13.7. The first-order valence-electron chi connectivity index (χ1n) is 12.8. The number of hydrogen-bond donors (Lipinski definition) is 0. The van der Waals surface area contributed by atoms with E-state index in [1.165, 1.54) is 42.4 Å². The van der Waals surface area contributed by atoms with E-state index >= 15 is 0 Å². The molecular weight excluding hydrogens is 483 g/mol. The van der Waals surface area contributed by atoms with Crippen LogP contribution in [0.25, 0.3) is 6.08 Å². The molecule has 0 bridgehead atoms. The molecule has 0 spiro atoms. The molecule has 0 saturated carbocycles. The third-order valence-corrected chi connectivity index (χ3v) is 9.98. The van der Waals surface area contributed by atoms with Crippen molar-refractivity contribution in [2.75, 3.05) is 0 Å². The molecule has 4 aromatic rings. The van der Waals surface area contributed by atoms with Crippen LogP contribution in [0, 0.1) is 0 Å². The molecule has 0 fully saturated rings. The van der Waals surface area contributed by atoms with E-state index in [1.54, 1.807) is 0 Å². The summed E-state index contributed by atoms with van der Waals surface area (Å²) in [7, 11) is -0.562. The summed E-state index contributed by atoms with van der Waals surface area (Å²) in [6.07, 6.45) is 10.1. The molecule has 0 radical (unpaired) electrons. The first kappa shape index (κ1) is 25.5. The van der Waals surface area contributed by atoms with Gasteiger partial charge in [0.2, 0.25) is 0 Å². The lowest BCUT2D eigenvalue weighted by Gasteiger charge is -2.19. The van der Waals surface area contributed by atoms with E-state index in [9.17, 15) is 0 Å². The molecule has 0 saturated heterocycles. The van der Waals surface area contributed by atoms with Crippen LogP contribution in [0.5, 0.6) is 0 Å². The second kappa shape index (κ2) is 11.5. The summed E-state index contributed by atoms with van der Waals surface area (Å²) < 4.78 is 0. The average molecular weight is 517 g/mol. The number of thioether (sulfide) groups is 1. The molecule has 37 heavy (non-hydrogen) atoms. The van der Waals surface area contributed by atoms with E-state index < -0.39 is 7.92 Å². The smallest absolute Gasteiger partial charge is 0.0122 e. The summed E-state index contributed by atoms with van der Waals surface area (Å²) in [6, 6.07) is 39.9. The van der Waals surface area contributed by atoms with Crippen molar-refractivity contribution < 1.29 is 0 Å². The molecule has 0 atom stereocenters. The van der Waals surface area contributed by atoms with Gasteiger partial charge in [-0.15, -0.1) is 0 Å². The van der Waals surface area contributed by atoms with E-state index in [0.717, 1.165) is 6.42 Å². The lowest BCUT2D eigenvalue weighted by Crippen LogP contribution is -2.20. The van der Waals surface area contributed by atoms with Gasteiger partial charge < -0.3 is 0 Å². The van der Waals surface area contributed by atoms with Crippen molar-refractivity contribution in [3.63, 3.8) is 0 Å². The molecule has 4 aromatic carbocycles. The summed E-state index contributed by atoms with van der Waals surface area (Å²) in [5.74, 6) is 0. The minimum atomic E-state index is -0.562. The van der Waals surface area contributed by atoms with E-state index in [2.05, 4.69) is 154 Å². The SMILES string of the molecule is CC(C)(C)c1ccc(C=C2C=CC(Sc3ccc(P(c4ccccc4)c4ccccc4)cc3)=CC2)cc1. The van der Waals surface area contributed by atoms with Crippen molar-refractivity contribution in [2.45, 2.75) is 37.5 Å². The zero-order valence-electron chi connectivity index (χ0n) is 21.8. The van der Waals surface area contributed by atoms with Gasteiger partial charge in [0.1, 0.15) is 0 Å². The van der Waals surface area contributed by atoms with Gasteiger partial charge in [-0.25, -0.2) is 0 Å². The fourth-order valence-corrected chi connectivity index (χ4v) is 7.55. The van der Waals surface area contributed by atoms with Gasteiger partial charge in [0.25, 0.3) is 0 Å². The molecule has 1 aliphatic carbocycles. The Balaban J connectivity index is 1.27. The number of benzene rings is 4. The maximum atomic E-state index is 2.34. The highest BCUT2D eigenvalue weighted by Crippen LogP contribution is 2.35. The second-order valence-electron chi connectivity index (χ2n) is 10.3. The zero-order chi connectivity index (χ0) is 25.7. The normalized spacial score (nSPS) is 14.7. The largest absolute Gasteiger partial charge is 0.0904 e. The number of hydrogen-bond acceptors (Lipinski definition) is 1. The van der Waals surface area contributed by atoms with Crippen molar-refractivity contribution in [1.82, 2.24) is 0 Å². The van der Waals surface area contributed by atoms with Gasteiger partial charge in [0, 0.05) is 9.80 Å². The van der Waals surface area contributed by atoms with Crippen LogP contribution >= 0.6 is 19.7 Å². The molecule has 0 nitrogen and oxygen atoms in total. The van der Waals surface area contributed by atoms with Crippen molar-refractivity contribution >= 4 is 41.7 Å². The van der Waals surface area contributed by atoms with Gasteiger partial charge in [-0.3, -0.25) is 0 Å². The maximum absolute atomic E-state index is 2.34. The Morgan fingerprint density at radius 1 is 0.649 bits per heavy atom. The van der Waals surface area contributed by atoms with Crippen LogP contribution in [-0.4, -0.2) is 0 Å². The molecular formula is C35H33PS. The predicted octanol–water partition coefficient (Wildman–Crippen LogP) is 8.76. The molecule has 5 rings (SSSR count). The van der Waals surface area contributed by atoms with E-state index in [4.69, 9.17) is 0 Å². The third-order valence-electron chi connectivity index (χ3n) is 6.49. The van der Waals surface area contributed by atoms with Gasteiger partial charge in [-0.2, -0.15) is 0 Å². The van der Waals surface area contributed by atoms with E-state index in [1.807, 2.05) is 11.8 Å². The summed E-state index contributed by atoms with van der Waals surface area (Å²) >= 11 is 1.84. The minimum Gasteiger partial charge on any atom is -0.0904 e. The quantitative estimate of drug-likeness (QED) is 0.231. The molecule has 1 aliphatic rings. The fraction of sp³-hybridized carbons (Fsp3) is 0.143. The molecule has 0 heterocycles. The van der Waals surface area contributed by atoms with Gasteiger partial charge in [-0.05, 0) is 70.6 Å². The molecule has 2 heteroatoms. The van der Waals surface area contributed by atoms with E-state index in [0.29, 0.717) is 0 Å². The summed E-state index contributed by atoms with van der Waals surface area (Å²) in [5.41, 5.74) is 4.17. The number of rotatable bonds is 6. The molecule has 184 valence electrons.